The van der Waals surface area contributed by atoms with Crippen LogP contribution < -0.4 is 4.90 Å². The monoisotopic (exact) mass is 765 g/mol. The zero-order chi connectivity index (χ0) is 40.3. The molecule has 0 bridgehead atoms. The fourth-order valence-corrected chi connectivity index (χ4v) is 8.79. The minimum atomic E-state index is -0.280. The second-order valence-electron chi connectivity index (χ2n) is 18.2. The standard InChI is InChI=1S/C52H51N3OS/c1-50(2,3)35-27-34(28-37(29-35)55(46-25-17-18-26-53-46)44-23-15-13-21-38(44)33-19-11-10-12-20-33)43-32-40-39-22-14-16-24-45(39)57-49(40)47(54-43)41-30-36(51(4,5)6)31-42(48(41)56)52(7,8)9/h10-32,56H,1-9H3. The number of phenolic OH excluding ortho intramolecular Hbond substituents is 1. The number of hydrogen-bond donors (Lipinski definition) is 1. The van der Waals surface area contributed by atoms with Crippen molar-refractivity contribution in [2.45, 2.75) is 78.6 Å². The lowest BCUT2D eigenvalue weighted by molar-refractivity contribution is 0.446. The Bertz CT molecular complexity index is 2750. The summed E-state index contributed by atoms with van der Waals surface area (Å²) >= 11 is 1.74. The fraction of sp³-hybridized carbons (Fsp3) is 0.231. The third-order valence-corrected chi connectivity index (χ3v) is 12.0. The van der Waals surface area contributed by atoms with Crippen LogP contribution in [0.5, 0.6) is 5.75 Å². The number of anilines is 3. The van der Waals surface area contributed by atoms with Gasteiger partial charge in [-0.1, -0.05) is 141 Å². The van der Waals surface area contributed by atoms with Crippen LogP contribution in [0.15, 0.2) is 140 Å². The van der Waals surface area contributed by atoms with E-state index in [1.807, 2.05) is 18.3 Å². The van der Waals surface area contributed by atoms with Gasteiger partial charge in [0.1, 0.15) is 11.6 Å². The van der Waals surface area contributed by atoms with Gasteiger partial charge in [0.2, 0.25) is 0 Å². The van der Waals surface area contributed by atoms with Crippen LogP contribution in [0.3, 0.4) is 0 Å². The van der Waals surface area contributed by atoms with E-state index in [-0.39, 0.29) is 16.2 Å². The van der Waals surface area contributed by atoms with E-state index in [4.69, 9.17) is 9.97 Å². The zero-order valence-electron chi connectivity index (χ0n) is 34.5. The number of hydrogen-bond acceptors (Lipinski definition) is 5. The molecule has 3 heterocycles. The molecule has 0 fully saturated rings. The van der Waals surface area contributed by atoms with Crippen LogP contribution in [0.4, 0.5) is 17.2 Å². The van der Waals surface area contributed by atoms with E-state index in [0.717, 1.165) is 66.5 Å². The van der Waals surface area contributed by atoms with Crippen LogP contribution >= 0.6 is 11.3 Å². The highest BCUT2D eigenvalue weighted by Gasteiger charge is 2.29. The average molecular weight is 766 g/mol. The molecule has 0 amide bonds. The fourth-order valence-electron chi connectivity index (χ4n) is 7.61. The van der Waals surface area contributed by atoms with Gasteiger partial charge in [0.15, 0.2) is 0 Å². The summed E-state index contributed by atoms with van der Waals surface area (Å²) in [6.07, 6.45) is 1.86. The predicted molar refractivity (Wildman–Crippen MR) is 244 cm³/mol. The molecule has 3 aromatic heterocycles. The molecule has 0 saturated heterocycles. The molecule has 0 atom stereocenters. The molecule has 0 unspecified atom stereocenters. The first-order chi connectivity index (χ1) is 27.1. The third-order valence-electron chi connectivity index (χ3n) is 10.8. The molecule has 1 N–H and O–H groups in total. The minimum absolute atomic E-state index is 0.139. The highest BCUT2D eigenvalue weighted by molar-refractivity contribution is 7.26. The van der Waals surface area contributed by atoms with Crippen LogP contribution in [-0.4, -0.2) is 15.1 Å². The van der Waals surface area contributed by atoms with Gasteiger partial charge in [-0.25, -0.2) is 9.97 Å². The average Bonchev–Trinajstić information content (AvgIpc) is 3.56. The number of aromatic hydroxyl groups is 1. The van der Waals surface area contributed by atoms with Crippen molar-refractivity contribution in [3.63, 3.8) is 0 Å². The first kappa shape index (κ1) is 38.1. The number of pyridine rings is 2. The van der Waals surface area contributed by atoms with Crippen LogP contribution in [0.1, 0.15) is 79.0 Å². The van der Waals surface area contributed by atoms with Crippen molar-refractivity contribution in [2.75, 3.05) is 4.90 Å². The summed E-state index contributed by atoms with van der Waals surface area (Å²) in [6.45, 7) is 20.0. The van der Waals surface area contributed by atoms with Crippen LogP contribution in [0.2, 0.25) is 0 Å². The molecule has 5 aromatic carbocycles. The molecule has 4 nitrogen and oxygen atoms in total. The maximum Gasteiger partial charge on any atom is 0.137 e. The Kier molecular flexibility index (Phi) is 9.56. The third kappa shape index (κ3) is 7.33. The highest BCUT2D eigenvalue weighted by atomic mass is 32.1. The second-order valence-corrected chi connectivity index (χ2v) is 19.2. The van der Waals surface area contributed by atoms with Crippen LogP contribution in [-0.2, 0) is 16.2 Å². The van der Waals surface area contributed by atoms with Gasteiger partial charge in [0.25, 0.3) is 0 Å². The molecule has 286 valence electrons. The number of para-hydroxylation sites is 1. The van der Waals surface area contributed by atoms with E-state index >= 15 is 0 Å². The van der Waals surface area contributed by atoms with Crippen molar-refractivity contribution < 1.29 is 5.11 Å². The van der Waals surface area contributed by atoms with E-state index in [9.17, 15) is 5.11 Å². The summed E-state index contributed by atoms with van der Waals surface area (Å²) in [5.41, 5.74) is 10.4. The van der Waals surface area contributed by atoms with Gasteiger partial charge in [-0.15, -0.1) is 11.3 Å². The van der Waals surface area contributed by atoms with Gasteiger partial charge < -0.3 is 5.11 Å². The zero-order valence-corrected chi connectivity index (χ0v) is 35.3. The Morgan fingerprint density at radius 1 is 0.561 bits per heavy atom. The van der Waals surface area contributed by atoms with Crippen molar-refractivity contribution in [3.8, 4) is 39.4 Å². The molecule has 8 rings (SSSR count). The molecular weight excluding hydrogens is 715 g/mol. The Balaban J connectivity index is 1.44. The topological polar surface area (TPSA) is 49.3 Å². The molecule has 5 heteroatoms. The molecule has 0 aliphatic rings. The van der Waals surface area contributed by atoms with E-state index in [1.54, 1.807) is 11.3 Å². The lowest BCUT2D eigenvalue weighted by atomic mass is 9.78. The first-order valence-electron chi connectivity index (χ1n) is 19.8. The van der Waals surface area contributed by atoms with Gasteiger partial charge in [-0.2, -0.15) is 0 Å². The summed E-state index contributed by atoms with van der Waals surface area (Å²) < 4.78 is 2.26. The maximum atomic E-state index is 12.3. The first-order valence-corrected chi connectivity index (χ1v) is 20.6. The summed E-state index contributed by atoms with van der Waals surface area (Å²) in [5, 5.41) is 14.6. The van der Waals surface area contributed by atoms with Crippen molar-refractivity contribution in [2.24, 2.45) is 0 Å². The van der Waals surface area contributed by atoms with E-state index in [0.29, 0.717) is 5.75 Å². The predicted octanol–water partition coefficient (Wildman–Crippen LogP) is 14.9. The molecule has 0 aliphatic heterocycles. The smallest absolute Gasteiger partial charge is 0.137 e. The lowest BCUT2D eigenvalue weighted by Gasteiger charge is -2.29. The van der Waals surface area contributed by atoms with E-state index < -0.39 is 0 Å². The van der Waals surface area contributed by atoms with Crippen molar-refractivity contribution in [1.29, 1.82) is 0 Å². The van der Waals surface area contributed by atoms with Gasteiger partial charge in [0.05, 0.1) is 21.8 Å². The number of thiophene rings is 1. The SMILES string of the molecule is CC(C)(C)c1cc(-c2cc3c(sc4ccccc43)c(-c3cc(C(C)(C)C)cc(C(C)(C)C)c3O)n2)cc(N(c2ccccn2)c2ccccc2-c2ccccc2)c1. The molecule has 0 spiro atoms. The lowest BCUT2D eigenvalue weighted by Crippen LogP contribution is -2.17. The largest absolute Gasteiger partial charge is 0.507 e. The number of phenols is 1. The van der Waals surface area contributed by atoms with Crippen LogP contribution in [0, 0.1) is 0 Å². The number of fused-ring (bicyclic) bond motifs is 3. The summed E-state index contributed by atoms with van der Waals surface area (Å²) in [6, 6.07) is 47.2. The highest BCUT2D eigenvalue weighted by Crippen LogP contribution is 2.48. The minimum Gasteiger partial charge on any atom is -0.507 e. The van der Waals surface area contributed by atoms with Gasteiger partial charge in [-0.05, 0) is 87.5 Å². The Hall–Kier alpha value is -5.78. The summed E-state index contributed by atoms with van der Waals surface area (Å²) in [4.78, 5) is 12.8. The van der Waals surface area contributed by atoms with Crippen molar-refractivity contribution >= 4 is 48.7 Å². The van der Waals surface area contributed by atoms with E-state index in [2.05, 4.69) is 189 Å². The number of nitrogens with zero attached hydrogens (tertiary/aromatic N) is 3. The Labute approximate surface area is 341 Å². The van der Waals surface area contributed by atoms with Gasteiger partial charge >= 0.3 is 0 Å². The van der Waals surface area contributed by atoms with Gasteiger partial charge in [0, 0.05) is 49.6 Å². The van der Waals surface area contributed by atoms with Gasteiger partial charge in [-0.3, -0.25) is 4.90 Å². The molecule has 0 radical (unpaired) electrons. The van der Waals surface area contributed by atoms with Crippen molar-refractivity contribution in [3.05, 3.63) is 156 Å². The second kappa shape index (κ2) is 14.3. The van der Waals surface area contributed by atoms with Crippen molar-refractivity contribution in [1.82, 2.24) is 9.97 Å². The molecule has 0 aliphatic carbocycles. The van der Waals surface area contributed by atoms with Crippen LogP contribution in [0.25, 0.3) is 53.8 Å². The number of benzene rings is 5. The quantitative estimate of drug-likeness (QED) is 0.183. The maximum absolute atomic E-state index is 12.3. The van der Waals surface area contributed by atoms with E-state index in [1.165, 1.54) is 21.2 Å². The Morgan fingerprint density at radius 3 is 1.93 bits per heavy atom. The number of aromatic nitrogens is 2. The Morgan fingerprint density at radius 2 is 1.23 bits per heavy atom. The molecular formula is C52H51N3OS. The normalized spacial score (nSPS) is 12.4. The molecule has 57 heavy (non-hydrogen) atoms. The molecule has 8 aromatic rings. The summed E-state index contributed by atoms with van der Waals surface area (Å²) in [7, 11) is 0. The molecule has 0 saturated carbocycles. The number of rotatable bonds is 6. The summed E-state index contributed by atoms with van der Waals surface area (Å²) in [5.74, 6) is 1.12.